The molecule has 0 fully saturated rings. The van der Waals surface area contributed by atoms with Gasteiger partial charge in [0, 0.05) is 11.1 Å². The maximum Gasteiger partial charge on any atom is 0.149 e. The molecule has 0 aliphatic heterocycles. The summed E-state index contributed by atoms with van der Waals surface area (Å²) in [5.74, 6) is 0.819. The highest BCUT2D eigenvalue weighted by molar-refractivity contribution is 7.10. The molecule has 3 nitrogen and oxygen atoms in total. The summed E-state index contributed by atoms with van der Waals surface area (Å²) in [6.07, 6.45) is 5.41. The topological polar surface area (TPSA) is 50.9 Å². The zero-order valence-corrected chi connectivity index (χ0v) is 11.3. The van der Waals surface area contributed by atoms with Crippen LogP contribution in [0.3, 0.4) is 0 Å². The van der Waals surface area contributed by atoms with E-state index in [2.05, 4.69) is 21.7 Å². The fourth-order valence-corrected chi connectivity index (χ4v) is 3.47. The van der Waals surface area contributed by atoms with E-state index in [-0.39, 0.29) is 0 Å². The SMILES string of the molecule is Cc1ccnc(NC2CCCc3sccc32)c1N. The van der Waals surface area contributed by atoms with Crippen molar-refractivity contribution in [2.24, 2.45) is 0 Å². The second kappa shape index (κ2) is 4.61. The molecule has 2 aromatic rings. The number of thiophene rings is 1. The van der Waals surface area contributed by atoms with E-state index in [0.29, 0.717) is 6.04 Å². The second-order valence-electron chi connectivity index (χ2n) is 4.78. The van der Waals surface area contributed by atoms with Crippen LogP contribution in [-0.4, -0.2) is 4.98 Å². The van der Waals surface area contributed by atoms with Gasteiger partial charge in [-0.05, 0) is 54.8 Å². The lowest BCUT2D eigenvalue weighted by Crippen LogP contribution is -2.17. The van der Waals surface area contributed by atoms with Gasteiger partial charge in [-0.1, -0.05) is 0 Å². The molecule has 0 radical (unpaired) electrons. The molecule has 18 heavy (non-hydrogen) atoms. The summed E-state index contributed by atoms with van der Waals surface area (Å²) in [6, 6.07) is 4.52. The first-order valence-electron chi connectivity index (χ1n) is 6.29. The molecule has 2 heterocycles. The lowest BCUT2D eigenvalue weighted by Gasteiger charge is -2.25. The number of aryl methyl sites for hydroxylation is 2. The molecule has 0 saturated carbocycles. The molecule has 3 N–H and O–H groups in total. The molecular formula is C14H17N3S. The summed E-state index contributed by atoms with van der Waals surface area (Å²) in [6.45, 7) is 2.01. The van der Waals surface area contributed by atoms with Gasteiger partial charge in [-0.3, -0.25) is 0 Å². The Morgan fingerprint density at radius 2 is 2.33 bits per heavy atom. The fourth-order valence-electron chi connectivity index (χ4n) is 2.49. The third kappa shape index (κ3) is 1.97. The number of nitrogens with two attached hydrogens (primary N) is 1. The first-order chi connectivity index (χ1) is 8.75. The minimum atomic E-state index is 0.358. The van der Waals surface area contributed by atoms with Gasteiger partial charge in [0.1, 0.15) is 5.82 Å². The number of nitrogens with zero attached hydrogens (tertiary/aromatic N) is 1. The summed E-state index contributed by atoms with van der Waals surface area (Å²) < 4.78 is 0. The zero-order valence-electron chi connectivity index (χ0n) is 10.4. The van der Waals surface area contributed by atoms with Crippen molar-refractivity contribution in [3.05, 3.63) is 39.7 Å². The van der Waals surface area contributed by atoms with Gasteiger partial charge in [0.05, 0.1) is 11.7 Å². The van der Waals surface area contributed by atoms with Gasteiger partial charge in [0.2, 0.25) is 0 Å². The number of nitrogens with one attached hydrogen (secondary N) is 1. The van der Waals surface area contributed by atoms with Crippen LogP contribution >= 0.6 is 11.3 Å². The molecule has 0 amide bonds. The van der Waals surface area contributed by atoms with Crippen LogP contribution in [0, 0.1) is 6.92 Å². The van der Waals surface area contributed by atoms with Crippen LogP contribution in [0.2, 0.25) is 0 Å². The van der Waals surface area contributed by atoms with E-state index in [4.69, 9.17) is 5.73 Å². The predicted molar refractivity (Wildman–Crippen MR) is 77.0 cm³/mol. The summed E-state index contributed by atoms with van der Waals surface area (Å²) in [5, 5.41) is 5.68. The minimum absolute atomic E-state index is 0.358. The predicted octanol–water partition coefficient (Wildman–Crippen LogP) is 3.52. The Morgan fingerprint density at radius 3 is 3.22 bits per heavy atom. The van der Waals surface area contributed by atoms with Crippen LogP contribution in [0.1, 0.15) is 34.9 Å². The maximum atomic E-state index is 6.07. The van der Waals surface area contributed by atoms with E-state index >= 15 is 0 Å². The fraction of sp³-hybridized carbons (Fsp3) is 0.357. The average molecular weight is 259 g/mol. The zero-order chi connectivity index (χ0) is 12.5. The molecule has 3 rings (SSSR count). The molecule has 94 valence electrons. The third-order valence-electron chi connectivity index (χ3n) is 3.57. The standard InChI is InChI=1S/C14H17N3S/c1-9-5-7-16-14(13(9)15)17-11-3-2-4-12-10(11)6-8-18-12/h5-8,11H,2-4,15H2,1H3,(H,16,17). The van der Waals surface area contributed by atoms with E-state index in [1.165, 1.54) is 23.3 Å². The molecule has 4 heteroatoms. The van der Waals surface area contributed by atoms with Crippen LogP contribution in [0.4, 0.5) is 11.5 Å². The highest BCUT2D eigenvalue weighted by atomic mass is 32.1. The van der Waals surface area contributed by atoms with Crippen LogP contribution in [0.25, 0.3) is 0 Å². The van der Waals surface area contributed by atoms with Crippen molar-refractivity contribution in [3.63, 3.8) is 0 Å². The molecule has 2 aromatic heterocycles. The van der Waals surface area contributed by atoms with Gasteiger partial charge in [-0.15, -0.1) is 11.3 Å². The molecule has 0 saturated heterocycles. The maximum absolute atomic E-state index is 6.07. The molecule has 1 aliphatic rings. The Balaban J connectivity index is 1.88. The Kier molecular flexibility index (Phi) is 2.96. The van der Waals surface area contributed by atoms with Crippen LogP contribution in [0.15, 0.2) is 23.7 Å². The number of anilines is 2. The number of rotatable bonds is 2. The largest absolute Gasteiger partial charge is 0.396 e. The van der Waals surface area contributed by atoms with E-state index in [1.54, 1.807) is 0 Å². The van der Waals surface area contributed by atoms with Gasteiger partial charge >= 0.3 is 0 Å². The molecule has 1 atom stereocenters. The average Bonchev–Trinajstić information content (AvgIpc) is 2.84. The first kappa shape index (κ1) is 11.5. The van der Waals surface area contributed by atoms with E-state index < -0.39 is 0 Å². The quantitative estimate of drug-likeness (QED) is 0.867. The minimum Gasteiger partial charge on any atom is -0.396 e. The van der Waals surface area contributed by atoms with Crippen molar-refractivity contribution in [2.45, 2.75) is 32.2 Å². The van der Waals surface area contributed by atoms with E-state index in [0.717, 1.165) is 23.5 Å². The van der Waals surface area contributed by atoms with Crippen molar-refractivity contribution >= 4 is 22.8 Å². The smallest absolute Gasteiger partial charge is 0.149 e. The molecule has 0 aromatic carbocycles. The number of aromatic nitrogens is 1. The summed E-state index contributed by atoms with van der Waals surface area (Å²) in [4.78, 5) is 5.86. The third-order valence-corrected chi connectivity index (χ3v) is 4.57. The summed E-state index contributed by atoms with van der Waals surface area (Å²) in [5.41, 5.74) is 9.34. The Labute approximate surface area is 111 Å². The first-order valence-corrected chi connectivity index (χ1v) is 7.17. The van der Waals surface area contributed by atoms with Crippen molar-refractivity contribution < 1.29 is 0 Å². The Bertz CT molecular complexity index is 562. The van der Waals surface area contributed by atoms with Crippen LogP contribution in [0.5, 0.6) is 0 Å². The van der Waals surface area contributed by atoms with E-state index in [9.17, 15) is 0 Å². The van der Waals surface area contributed by atoms with Crippen molar-refractivity contribution in [2.75, 3.05) is 11.1 Å². The number of nitrogen functional groups attached to an aromatic ring is 1. The lowest BCUT2D eigenvalue weighted by molar-refractivity contribution is 0.607. The van der Waals surface area contributed by atoms with Crippen molar-refractivity contribution in [1.82, 2.24) is 4.98 Å². The monoisotopic (exact) mass is 259 g/mol. The number of fused-ring (bicyclic) bond motifs is 1. The van der Waals surface area contributed by atoms with Gasteiger partial charge in [-0.25, -0.2) is 4.98 Å². The molecule has 0 spiro atoms. The van der Waals surface area contributed by atoms with Crippen LogP contribution in [-0.2, 0) is 6.42 Å². The molecule has 1 unspecified atom stereocenters. The summed E-state index contributed by atoms with van der Waals surface area (Å²) >= 11 is 1.86. The van der Waals surface area contributed by atoms with Crippen molar-refractivity contribution in [3.8, 4) is 0 Å². The van der Waals surface area contributed by atoms with Gasteiger partial charge in [0.15, 0.2) is 0 Å². The highest BCUT2D eigenvalue weighted by Crippen LogP contribution is 2.36. The van der Waals surface area contributed by atoms with Crippen LogP contribution < -0.4 is 11.1 Å². The van der Waals surface area contributed by atoms with Gasteiger partial charge < -0.3 is 11.1 Å². The van der Waals surface area contributed by atoms with Crippen molar-refractivity contribution in [1.29, 1.82) is 0 Å². The van der Waals surface area contributed by atoms with E-state index in [1.807, 2.05) is 30.5 Å². The second-order valence-corrected chi connectivity index (χ2v) is 5.78. The molecular weight excluding hydrogens is 242 g/mol. The normalized spacial score (nSPS) is 18.4. The molecule has 1 aliphatic carbocycles. The Hall–Kier alpha value is -1.55. The summed E-state index contributed by atoms with van der Waals surface area (Å²) in [7, 11) is 0. The highest BCUT2D eigenvalue weighted by Gasteiger charge is 2.22. The number of hydrogen-bond donors (Lipinski definition) is 2. The lowest BCUT2D eigenvalue weighted by atomic mass is 9.94. The number of pyridine rings is 1. The van der Waals surface area contributed by atoms with Gasteiger partial charge in [0.25, 0.3) is 0 Å². The molecule has 0 bridgehead atoms. The number of hydrogen-bond acceptors (Lipinski definition) is 4. The van der Waals surface area contributed by atoms with Gasteiger partial charge in [-0.2, -0.15) is 0 Å². The Morgan fingerprint density at radius 1 is 1.44 bits per heavy atom.